The van der Waals surface area contributed by atoms with E-state index in [9.17, 15) is 9.59 Å². The molecule has 0 aliphatic rings. The maximum Gasteiger partial charge on any atom is 0.303 e. The molecule has 0 saturated heterocycles. The number of para-hydroxylation sites is 1. The normalized spacial score (nSPS) is 10.8. The Morgan fingerprint density at radius 3 is 2.64 bits per heavy atom. The number of aromatic nitrogens is 1. The van der Waals surface area contributed by atoms with Crippen LogP contribution in [-0.4, -0.2) is 28.6 Å². The first-order valence-corrected chi connectivity index (χ1v) is 9.33. The number of H-pyrrole nitrogens is 1. The van der Waals surface area contributed by atoms with Crippen LogP contribution in [0.15, 0.2) is 48.7 Å². The summed E-state index contributed by atoms with van der Waals surface area (Å²) < 4.78 is 5.48. The summed E-state index contributed by atoms with van der Waals surface area (Å²) in [6.45, 7) is 2.41. The third kappa shape index (κ3) is 5.13. The number of nitrogens with one attached hydrogen (secondary N) is 2. The topological polar surface area (TPSA) is 91.4 Å². The van der Waals surface area contributed by atoms with Crippen LogP contribution in [0.5, 0.6) is 5.75 Å². The fourth-order valence-electron chi connectivity index (χ4n) is 3.09. The van der Waals surface area contributed by atoms with Gasteiger partial charge in [0.25, 0.3) is 0 Å². The van der Waals surface area contributed by atoms with E-state index in [4.69, 9.17) is 9.84 Å². The van der Waals surface area contributed by atoms with Crippen molar-refractivity contribution >= 4 is 28.5 Å². The number of carboxylic acids is 1. The Balaban J connectivity index is 1.48. The fraction of sp³-hybridized carbons (Fsp3) is 0.273. The SMILES string of the molecule is Cc1cccc2c(CCC(=O)Nc3ccc(OCCCC(=O)O)cc3)c[nH]c12. The molecule has 0 atom stereocenters. The van der Waals surface area contributed by atoms with Gasteiger partial charge in [-0.25, -0.2) is 0 Å². The highest BCUT2D eigenvalue weighted by Gasteiger charge is 2.08. The van der Waals surface area contributed by atoms with Crippen molar-refractivity contribution in [2.45, 2.75) is 32.6 Å². The summed E-state index contributed by atoms with van der Waals surface area (Å²) in [6.07, 6.45) is 3.58. The van der Waals surface area contributed by atoms with E-state index in [1.54, 1.807) is 24.3 Å². The first-order chi connectivity index (χ1) is 13.5. The molecule has 1 amide bonds. The van der Waals surface area contributed by atoms with Gasteiger partial charge in [0.15, 0.2) is 0 Å². The maximum absolute atomic E-state index is 12.3. The molecule has 0 aliphatic heterocycles. The van der Waals surface area contributed by atoms with Crippen LogP contribution in [0.3, 0.4) is 0 Å². The standard InChI is InChI=1S/C22H24N2O4/c1-15-4-2-5-19-16(14-23-22(15)19)7-12-20(25)24-17-8-10-18(11-9-17)28-13-3-6-21(26)27/h2,4-5,8-11,14,23H,3,6-7,12-13H2,1H3,(H,24,25)(H,26,27). The number of anilines is 1. The second-order valence-electron chi connectivity index (χ2n) is 6.73. The van der Waals surface area contributed by atoms with Crippen LogP contribution in [0, 0.1) is 6.92 Å². The Morgan fingerprint density at radius 1 is 1.11 bits per heavy atom. The first kappa shape index (κ1) is 19.5. The number of ether oxygens (including phenoxy) is 1. The second-order valence-corrected chi connectivity index (χ2v) is 6.73. The molecule has 2 aromatic carbocycles. The Kier molecular flexibility index (Phi) is 6.32. The molecule has 3 rings (SSSR count). The van der Waals surface area contributed by atoms with Gasteiger partial charge in [-0.3, -0.25) is 9.59 Å². The highest BCUT2D eigenvalue weighted by molar-refractivity contribution is 5.92. The van der Waals surface area contributed by atoms with Crippen molar-refractivity contribution in [3.05, 3.63) is 59.8 Å². The van der Waals surface area contributed by atoms with Crippen LogP contribution in [0.1, 0.15) is 30.4 Å². The van der Waals surface area contributed by atoms with Crippen molar-refractivity contribution in [3.63, 3.8) is 0 Å². The van der Waals surface area contributed by atoms with Crippen molar-refractivity contribution in [3.8, 4) is 5.75 Å². The fourth-order valence-corrected chi connectivity index (χ4v) is 3.09. The summed E-state index contributed by atoms with van der Waals surface area (Å²) in [6, 6.07) is 13.2. The lowest BCUT2D eigenvalue weighted by atomic mass is 10.1. The number of aliphatic carboxylic acids is 1. The number of rotatable bonds is 9. The van der Waals surface area contributed by atoms with Gasteiger partial charge in [-0.05, 0) is 55.2 Å². The van der Waals surface area contributed by atoms with Crippen molar-refractivity contribution in [1.82, 2.24) is 4.98 Å². The second kappa shape index (κ2) is 9.08. The number of hydrogen-bond donors (Lipinski definition) is 3. The molecule has 6 heteroatoms. The molecule has 0 saturated carbocycles. The summed E-state index contributed by atoms with van der Waals surface area (Å²) in [5.41, 5.74) is 4.16. The summed E-state index contributed by atoms with van der Waals surface area (Å²) in [5.74, 6) is -0.223. The van der Waals surface area contributed by atoms with Gasteiger partial charge < -0.3 is 20.1 Å². The van der Waals surface area contributed by atoms with Crippen LogP contribution in [0.2, 0.25) is 0 Å². The minimum Gasteiger partial charge on any atom is -0.494 e. The molecule has 1 heterocycles. The monoisotopic (exact) mass is 380 g/mol. The number of fused-ring (bicyclic) bond motifs is 1. The third-order valence-electron chi connectivity index (χ3n) is 4.57. The molecule has 0 fully saturated rings. The lowest BCUT2D eigenvalue weighted by Crippen LogP contribution is -2.12. The number of aryl methyl sites for hydroxylation is 2. The van der Waals surface area contributed by atoms with Crippen molar-refractivity contribution in [2.75, 3.05) is 11.9 Å². The van der Waals surface area contributed by atoms with E-state index >= 15 is 0 Å². The molecule has 1 aromatic heterocycles. The number of amides is 1. The number of carbonyl (C=O) groups is 2. The number of aromatic amines is 1. The zero-order valence-corrected chi connectivity index (χ0v) is 15.8. The van der Waals surface area contributed by atoms with E-state index in [1.807, 2.05) is 12.3 Å². The Labute approximate surface area is 163 Å². The molecule has 3 aromatic rings. The number of benzene rings is 2. The van der Waals surface area contributed by atoms with E-state index in [2.05, 4.69) is 29.4 Å². The van der Waals surface area contributed by atoms with Crippen molar-refractivity contribution < 1.29 is 19.4 Å². The summed E-state index contributed by atoms with van der Waals surface area (Å²) in [4.78, 5) is 26.0. The molecule has 6 nitrogen and oxygen atoms in total. The zero-order valence-electron chi connectivity index (χ0n) is 15.8. The van der Waals surface area contributed by atoms with E-state index in [1.165, 1.54) is 5.56 Å². The summed E-state index contributed by atoms with van der Waals surface area (Å²) in [5, 5.41) is 12.7. The third-order valence-corrected chi connectivity index (χ3v) is 4.57. The smallest absolute Gasteiger partial charge is 0.303 e. The lowest BCUT2D eigenvalue weighted by molar-refractivity contribution is -0.137. The van der Waals surface area contributed by atoms with Crippen LogP contribution >= 0.6 is 0 Å². The molecular weight excluding hydrogens is 356 g/mol. The van der Waals surface area contributed by atoms with Gasteiger partial charge in [-0.1, -0.05) is 18.2 Å². The van der Waals surface area contributed by atoms with Gasteiger partial charge in [0, 0.05) is 35.6 Å². The molecule has 28 heavy (non-hydrogen) atoms. The van der Waals surface area contributed by atoms with Crippen molar-refractivity contribution in [1.29, 1.82) is 0 Å². The average molecular weight is 380 g/mol. The van der Waals surface area contributed by atoms with Gasteiger partial charge >= 0.3 is 5.97 Å². The molecule has 0 spiro atoms. The van der Waals surface area contributed by atoms with E-state index in [0.717, 1.165) is 16.5 Å². The zero-order chi connectivity index (χ0) is 19.9. The Bertz CT molecular complexity index is 960. The lowest BCUT2D eigenvalue weighted by Gasteiger charge is -2.08. The Morgan fingerprint density at radius 2 is 1.89 bits per heavy atom. The number of carbonyl (C=O) groups excluding carboxylic acids is 1. The molecule has 0 radical (unpaired) electrons. The molecular formula is C22H24N2O4. The maximum atomic E-state index is 12.3. The van der Waals surface area contributed by atoms with E-state index in [-0.39, 0.29) is 12.3 Å². The quantitative estimate of drug-likeness (QED) is 0.483. The minimum absolute atomic E-state index is 0.0443. The van der Waals surface area contributed by atoms with Crippen LogP contribution in [0.25, 0.3) is 10.9 Å². The largest absolute Gasteiger partial charge is 0.494 e. The van der Waals surface area contributed by atoms with Crippen LogP contribution in [-0.2, 0) is 16.0 Å². The highest BCUT2D eigenvalue weighted by atomic mass is 16.5. The minimum atomic E-state index is -0.829. The molecule has 146 valence electrons. The average Bonchev–Trinajstić information content (AvgIpc) is 3.09. The predicted molar refractivity (Wildman–Crippen MR) is 109 cm³/mol. The number of carboxylic acid groups (broad SMARTS) is 1. The molecule has 0 bridgehead atoms. The summed E-state index contributed by atoms with van der Waals surface area (Å²) in [7, 11) is 0. The van der Waals surface area contributed by atoms with Crippen LogP contribution < -0.4 is 10.1 Å². The molecule has 3 N–H and O–H groups in total. The van der Waals surface area contributed by atoms with Crippen LogP contribution in [0.4, 0.5) is 5.69 Å². The van der Waals surface area contributed by atoms with Gasteiger partial charge in [-0.15, -0.1) is 0 Å². The molecule has 0 unspecified atom stereocenters. The van der Waals surface area contributed by atoms with Gasteiger partial charge in [0.2, 0.25) is 5.91 Å². The Hall–Kier alpha value is -3.28. The number of hydrogen-bond acceptors (Lipinski definition) is 3. The van der Waals surface area contributed by atoms with Gasteiger partial charge in [0.1, 0.15) is 5.75 Å². The van der Waals surface area contributed by atoms with Gasteiger partial charge in [-0.2, -0.15) is 0 Å². The van der Waals surface area contributed by atoms with Gasteiger partial charge in [0.05, 0.1) is 6.61 Å². The molecule has 0 aliphatic carbocycles. The first-order valence-electron chi connectivity index (χ1n) is 9.33. The highest BCUT2D eigenvalue weighted by Crippen LogP contribution is 2.22. The summed E-state index contributed by atoms with van der Waals surface area (Å²) >= 11 is 0. The van der Waals surface area contributed by atoms with Crippen molar-refractivity contribution in [2.24, 2.45) is 0 Å². The van der Waals surface area contributed by atoms with E-state index < -0.39 is 5.97 Å². The predicted octanol–water partition coefficient (Wildman–Crippen LogP) is 4.29. The van der Waals surface area contributed by atoms with E-state index in [0.29, 0.717) is 37.3 Å².